The van der Waals surface area contributed by atoms with Crippen molar-refractivity contribution >= 4 is 27.5 Å². The molecule has 5 heteroatoms. The number of pyridine rings is 1. The summed E-state index contributed by atoms with van der Waals surface area (Å²) < 4.78 is 0.714. The minimum absolute atomic E-state index is 0.172. The van der Waals surface area contributed by atoms with Crippen molar-refractivity contribution in [1.29, 1.82) is 0 Å². The first-order chi connectivity index (χ1) is 9.54. The van der Waals surface area contributed by atoms with E-state index < -0.39 is 0 Å². The van der Waals surface area contributed by atoms with Gasteiger partial charge in [-0.1, -0.05) is 29.8 Å². The number of benzene rings is 1. The van der Waals surface area contributed by atoms with Crippen LogP contribution in [-0.4, -0.2) is 10.9 Å². The lowest BCUT2D eigenvalue weighted by atomic mass is 10.1. The molecule has 0 aliphatic carbocycles. The summed E-state index contributed by atoms with van der Waals surface area (Å²) in [5.41, 5.74) is 2.25. The third kappa shape index (κ3) is 4.06. The van der Waals surface area contributed by atoms with Crippen LogP contribution in [0.15, 0.2) is 45.8 Å². The number of H-pyrrole nitrogens is 1. The Balaban J connectivity index is 1.94. The second-order valence-corrected chi connectivity index (χ2v) is 5.51. The van der Waals surface area contributed by atoms with Crippen LogP contribution >= 0.6 is 15.9 Å². The van der Waals surface area contributed by atoms with Crippen LogP contribution in [0, 0.1) is 6.92 Å². The highest BCUT2D eigenvalue weighted by Crippen LogP contribution is 2.11. The molecule has 1 amide bonds. The SMILES string of the molecule is Cc1ccc(CCC(=O)Nc2cc(Br)c[nH]c2=O)cc1. The normalized spacial score (nSPS) is 10.3. The van der Waals surface area contributed by atoms with Crippen molar-refractivity contribution in [3.8, 4) is 0 Å². The van der Waals surface area contributed by atoms with Crippen LogP contribution < -0.4 is 10.9 Å². The second kappa shape index (κ2) is 6.52. The molecule has 2 rings (SSSR count). The number of anilines is 1. The number of hydrogen-bond acceptors (Lipinski definition) is 2. The van der Waals surface area contributed by atoms with Gasteiger partial charge in [0.1, 0.15) is 5.69 Å². The van der Waals surface area contributed by atoms with Crippen molar-refractivity contribution in [2.45, 2.75) is 19.8 Å². The molecule has 0 saturated carbocycles. The van der Waals surface area contributed by atoms with E-state index >= 15 is 0 Å². The molecule has 20 heavy (non-hydrogen) atoms. The predicted molar refractivity (Wildman–Crippen MR) is 82.9 cm³/mol. The number of hydrogen-bond donors (Lipinski definition) is 2. The van der Waals surface area contributed by atoms with E-state index in [0.717, 1.165) is 5.56 Å². The van der Waals surface area contributed by atoms with E-state index in [-0.39, 0.29) is 17.2 Å². The Bertz CT molecular complexity index is 662. The second-order valence-electron chi connectivity index (χ2n) is 4.59. The average molecular weight is 335 g/mol. The molecule has 0 radical (unpaired) electrons. The highest BCUT2D eigenvalue weighted by molar-refractivity contribution is 9.10. The predicted octanol–water partition coefficient (Wildman–Crippen LogP) is 3.02. The lowest BCUT2D eigenvalue weighted by molar-refractivity contribution is -0.116. The maximum atomic E-state index is 11.8. The van der Waals surface area contributed by atoms with Crippen molar-refractivity contribution < 1.29 is 4.79 Å². The van der Waals surface area contributed by atoms with Gasteiger partial charge in [0.05, 0.1) is 0 Å². The first-order valence-electron chi connectivity index (χ1n) is 6.28. The summed E-state index contributed by atoms with van der Waals surface area (Å²) in [6, 6.07) is 9.64. The molecule has 4 nitrogen and oxygen atoms in total. The number of aromatic amines is 1. The third-order valence-electron chi connectivity index (χ3n) is 2.90. The summed E-state index contributed by atoms with van der Waals surface area (Å²) >= 11 is 3.25. The standard InChI is InChI=1S/C15H15BrN2O2/c1-10-2-4-11(5-3-10)6-7-14(19)18-13-8-12(16)9-17-15(13)20/h2-5,8-9H,6-7H2,1H3,(H,17,20)(H,18,19). The zero-order valence-electron chi connectivity index (χ0n) is 11.1. The Labute approximate surface area is 125 Å². The van der Waals surface area contributed by atoms with Crippen LogP contribution in [-0.2, 0) is 11.2 Å². The summed E-state index contributed by atoms with van der Waals surface area (Å²) in [7, 11) is 0. The maximum absolute atomic E-state index is 11.8. The Morgan fingerprint density at radius 1 is 1.30 bits per heavy atom. The number of aromatic nitrogens is 1. The van der Waals surface area contributed by atoms with E-state index in [1.807, 2.05) is 31.2 Å². The van der Waals surface area contributed by atoms with Gasteiger partial charge >= 0.3 is 0 Å². The summed E-state index contributed by atoms with van der Waals surface area (Å²) in [6.07, 6.45) is 2.53. The van der Waals surface area contributed by atoms with Gasteiger partial charge in [-0.25, -0.2) is 0 Å². The van der Waals surface area contributed by atoms with E-state index in [2.05, 4.69) is 26.2 Å². The van der Waals surface area contributed by atoms with Crippen LogP contribution in [0.1, 0.15) is 17.5 Å². The highest BCUT2D eigenvalue weighted by atomic mass is 79.9. The van der Waals surface area contributed by atoms with Crippen LogP contribution in [0.5, 0.6) is 0 Å². The van der Waals surface area contributed by atoms with Crippen molar-refractivity contribution in [2.24, 2.45) is 0 Å². The molecule has 0 bridgehead atoms. The van der Waals surface area contributed by atoms with Gasteiger partial charge in [0.25, 0.3) is 5.56 Å². The fourth-order valence-electron chi connectivity index (χ4n) is 1.78. The van der Waals surface area contributed by atoms with Gasteiger partial charge in [-0.05, 0) is 40.9 Å². The number of carbonyl (C=O) groups is 1. The third-order valence-corrected chi connectivity index (χ3v) is 3.36. The molecule has 0 spiro atoms. The minimum Gasteiger partial charge on any atom is -0.326 e. The monoisotopic (exact) mass is 334 g/mol. The number of halogens is 1. The zero-order chi connectivity index (χ0) is 14.5. The number of nitrogens with one attached hydrogen (secondary N) is 2. The molecular weight excluding hydrogens is 320 g/mol. The van der Waals surface area contributed by atoms with E-state index in [1.165, 1.54) is 11.8 Å². The Morgan fingerprint density at radius 3 is 2.70 bits per heavy atom. The highest BCUT2D eigenvalue weighted by Gasteiger charge is 2.06. The van der Waals surface area contributed by atoms with Crippen LogP contribution in [0.2, 0.25) is 0 Å². The van der Waals surface area contributed by atoms with Gasteiger partial charge < -0.3 is 10.3 Å². The average Bonchev–Trinajstić information content (AvgIpc) is 2.42. The molecular formula is C15H15BrN2O2. The number of rotatable bonds is 4. The van der Waals surface area contributed by atoms with E-state index in [4.69, 9.17) is 0 Å². The van der Waals surface area contributed by atoms with Gasteiger partial charge in [0, 0.05) is 17.1 Å². The van der Waals surface area contributed by atoms with Gasteiger partial charge in [-0.2, -0.15) is 0 Å². The van der Waals surface area contributed by atoms with Crippen molar-refractivity contribution in [2.75, 3.05) is 5.32 Å². The number of carbonyl (C=O) groups excluding carboxylic acids is 1. The molecule has 2 aromatic rings. The Kier molecular flexibility index (Phi) is 4.74. The van der Waals surface area contributed by atoms with Crippen LogP contribution in [0.25, 0.3) is 0 Å². The quantitative estimate of drug-likeness (QED) is 0.902. The van der Waals surface area contributed by atoms with Crippen molar-refractivity contribution in [3.63, 3.8) is 0 Å². The largest absolute Gasteiger partial charge is 0.326 e. The van der Waals surface area contributed by atoms with Crippen molar-refractivity contribution in [1.82, 2.24) is 4.98 Å². The summed E-state index contributed by atoms with van der Waals surface area (Å²) in [6.45, 7) is 2.02. The molecule has 0 fully saturated rings. The Hall–Kier alpha value is -1.88. The summed E-state index contributed by atoms with van der Waals surface area (Å²) in [4.78, 5) is 25.9. The first-order valence-corrected chi connectivity index (χ1v) is 7.07. The minimum atomic E-state index is -0.308. The lowest BCUT2D eigenvalue weighted by Crippen LogP contribution is -2.19. The molecule has 2 N–H and O–H groups in total. The smallest absolute Gasteiger partial charge is 0.271 e. The number of aryl methyl sites for hydroxylation is 2. The first kappa shape index (κ1) is 14.5. The molecule has 1 heterocycles. The lowest BCUT2D eigenvalue weighted by Gasteiger charge is -2.05. The topological polar surface area (TPSA) is 62.0 Å². The van der Waals surface area contributed by atoms with Crippen molar-refractivity contribution in [3.05, 3.63) is 62.5 Å². The molecule has 0 aliphatic heterocycles. The Morgan fingerprint density at radius 2 is 2.00 bits per heavy atom. The molecule has 0 aliphatic rings. The molecule has 104 valence electrons. The van der Waals surface area contributed by atoms with Gasteiger partial charge in [-0.3, -0.25) is 9.59 Å². The molecule has 1 aromatic carbocycles. The molecule has 0 saturated heterocycles. The van der Waals surface area contributed by atoms with E-state index in [1.54, 1.807) is 6.07 Å². The fraction of sp³-hybridized carbons (Fsp3) is 0.200. The maximum Gasteiger partial charge on any atom is 0.271 e. The fourth-order valence-corrected chi connectivity index (χ4v) is 2.12. The molecule has 0 atom stereocenters. The molecule has 1 aromatic heterocycles. The van der Waals surface area contributed by atoms with Gasteiger partial charge in [-0.15, -0.1) is 0 Å². The van der Waals surface area contributed by atoms with Crippen LogP contribution in [0.4, 0.5) is 5.69 Å². The number of amides is 1. The summed E-state index contributed by atoms with van der Waals surface area (Å²) in [5.74, 6) is -0.172. The van der Waals surface area contributed by atoms with E-state index in [9.17, 15) is 9.59 Å². The van der Waals surface area contributed by atoms with Gasteiger partial charge in [0.2, 0.25) is 5.91 Å². The van der Waals surface area contributed by atoms with Gasteiger partial charge in [0.15, 0.2) is 0 Å². The van der Waals surface area contributed by atoms with E-state index in [0.29, 0.717) is 17.3 Å². The summed E-state index contributed by atoms with van der Waals surface area (Å²) in [5, 5.41) is 2.62. The van der Waals surface area contributed by atoms with Crippen LogP contribution in [0.3, 0.4) is 0 Å². The zero-order valence-corrected chi connectivity index (χ0v) is 12.7. The molecule has 0 unspecified atom stereocenters.